The largest absolute Gasteiger partial charge is 0.497 e. The maximum absolute atomic E-state index is 14.0. The number of methoxy groups -OCH3 is 2. The van der Waals surface area contributed by atoms with E-state index in [1.807, 2.05) is 0 Å². The minimum absolute atomic E-state index is 0.0583. The van der Waals surface area contributed by atoms with Crippen LogP contribution < -0.4 is 9.46 Å². The summed E-state index contributed by atoms with van der Waals surface area (Å²) in [5.41, 5.74) is 0.734. The summed E-state index contributed by atoms with van der Waals surface area (Å²) in [5.74, 6) is -1.06. The van der Waals surface area contributed by atoms with Gasteiger partial charge in [-0.15, -0.1) is 0 Å². The third-order valence-corrected chi connectivity index (χ3v) is 4.75. The number of carbonyl (C=O) groups excluding carboxylic acids is 1. The Labute approximate surface area is 145 Å². The van der Waals surface area contributed by atoms with Crippen molar-refractivity contribution in [2.24, 2.45) is 0 Å². The molecular formula is C17H18FNO5S. The Bertz CT molecular complexity index is 867. The molecule has 0 aliphatic heterocycles. The van der Waals surface area contributed by atoms with Crippen molar-refractivity contribution in [3.05, 3.63) is 65.0 Å². The van der Waals surface area contributed by atoms with Crippen LogP contribution >= 0.6 is 0 Å². The Kier molecular flexibility index (Phi) is 6.11. The van der Waals surface area contributed by atoms with E-state index in [4.69, 9.17) is 4.74 Å². The lowest BCUT2D eigenvalue weighted by atomic mass is 10.1. The van der Waals surface area contributed by atoms with Crippen LogP contribution in [0.15, 0.2) is 42.5 Å². The van der Waals surface area contributed by atoms with E-state index < -0.39 is 21.8 Å². The number of benzene rings is 2. The van der Waals surface area contributed by atoms with Gasteiger partial charge in [0.1, 0.15) is 11.6 Å². The fourth-order valence-corrected chi connectivity index (χ4v) is 3.25. The molecule has 134 valence electrons. The number of ether oxygens (including phenoxy) is 2. The minimum atomic E-state index is -3.67. The maximum Gasteiger partial charge on any atom is 0.337 e. The molecule has 0 radical (unpaired) electrons. The molecule has 0 saturated carbocycles. The number of hydrogen-bond acceptors (Lipinski definition) is 5. The third kappa shape index (κ3) is 5.27. The Balaban J connectivity index is 2.05. The lowest BCUT2D eigenvalue weighted by Crippen LogP contribution is -2.25. The van der Waals surface area contributed by atoms with Gasteiger partial charge in [-0.3, -0.25) is 0 Å². The van der Waals surface area contributed by atoms with E-state index in [0.717, 1.165) is 6.07 Å². The van der Waals surface area contributed by atoms with E-state index in [1.54, 1.807) is 24.3 Å². The molecule has 0 aliphatic carbocycles. The monoisotopic (exact) mass is 367 g/mol. The van der Waals surface area contributed by atoms with E-state index in [0.29, 0.717) is 11.3 Å². The Morgan fingerprint density at radius 3 is 2.56 bits per heavy atom. The van der Waals surface area contributed by atoms with Crippen LogP contribution in [-0.2, 0) is 27.1 Å². The van der Waals surface area contributed by atoms with Crippen LogP contribution in [0.5, 0.6) is 5.75 Å². The number of nitrogens with one attached hydrogen (secondary N) is 1. The first-order valence-electron chi connectivity index (χ1n) is 7.31. The number of esters is 1. The van der Waals surface area contributed by atoms with Crippen LogP contribution in [0.3, 0.4) is 0 Å². The quantitative estimate of drug-likeness (QED) is 0.759. The van der Waals surface area contributed by atoms with Crippen LogP contribution in [-0.4, -0.2) is 28.6 Å². The van der Waals surface area contributed by atoms with E-state index in [-0.39, 0.29) is 23.4 Å². The number of halogens is 1. The molecule has 0 spiro atoms. The number of sulfonamides is 1. The molecule has 6 nitrogen and oxygen atoms in total. The summed E-state index contributed by atoms with van der Waals surface area (Å²) in [7, 11) is -0.982. The van der Waals surface area contributed by atoms with Gasteiger partial charge in [0.2, 0.25) is 10.0 Å². The van der Waals surface area contributed by atoms with Gasteiger partial charge in [0.25, 0.3) is 0 Å². The zero-order valence-electron chi connectivity index (χ0n) is 13.8. The minimum Gasteiger partial charge on any atom is -0.497 e. The standard InChI is InChI=1S/C17H18FNO5S/c1-23-15-5-3-4-12(8-15)11-25(21,22)19-10-14-7-6-13(9-16(14)18)17(20)24-2/h3-9,19H,10-11H2,1-2H3. The van der Waals surface area contributed by atoms with Gasteiger partial charge < -0.3 is 9.47 Å². The highest BCUT2D eigenvalue weighted by Gasteiger charge is 2.15. The average Bonchev–Trinajstić information content (AvgIpc) is 2.59. The van der Waals surface area contributed by atoms with Gasteiger partial charge in [-0.25, -0.2) is 22.3 Å². The first kappa shape index (κ1) is 18.9. The molecule has 25 heavy (non-hydrogen) atoms. The van der Waals surface area contributed by atoms with Crippen LogP contribution in [0, 0.1) is 5.82 Å². The van der Waals surface area contributed by atoms with Gasteiger partial charge in [-0.1, -0.05) is 18.2 Å². The molecule has 0 fully saturated rings. The maximum atomic E-state index is 14.0. The van der Waals surface area contributed by atoms with Crippen molar-refractivity contribution >= 4 is 16.0 Å². The molecule has 2 aromatic carbocycles. The summed E-state index contributed by atoms with van der Waals surface area (Å²) in [6, 6.07) is 10.4. The molecule has 0 amide bonds. The Morgan fingerprint density at radius 1 is 1.16 bits per heavy atom. The highest BCUT2D eigenvalue weighted by molar-refractivity contribution is 7.88. The molecule has 0 aliphatic rings. The number of hydrogen-bond donors (Lipinski definition) is 1. The lowest BCUT2D eigenvalue weighted by molar-refractivity contribution is 0.0600. The summed E-state index contributed by atoms with van der Waals surface area (Å²) >= 11 is 0. The van der Waals surface area contributed by atoms with Crippen molar-refractivity contribution in [3.8, 4) is 5.75 Å². The second kappa shape index (κ2) is 8.09. The van der Waals surface area contributed by atoms with E-state index in [2.05, 4.69) is 9.46 Å². The molecule has 0 aromatic heterocycles. The summed E-state index contributed by atoms with van der Waals surface area (Å²) in [6.07, 6.45) is 0. The predicted molar refractivity (Wildman–Crippen MR) is 90.2 cm³/mol. The molecule has 8 heteroatoms. The van der Waals surface area contributed by atoms with Crippen molar-refractivity contribution in [1.82, 2.24) is 4.72 Å². The van der Waals surface area contributed by atoms with Gasteiger partial charge in [0, 0.05) is 12.1 Å². The second-order valence-electron chi connectivity index (χ2n) is 5.23. The van der Waals surface area contributed by atoms with Gasteiger partial charge in [-0.05, 0) is 29.8 Å². The number of rotatable bonds is 7. The molecule has 0 heterocycles. The summed E-state index contributed by atoms with van der Waals surface area (Å²) < 4.78 is 50.2. The van der Waals surface area contributed by atoms with Crippen molar-refractivity contribution in [2.75, 3.05) is 14.2 Å². The Morgan fingerprint density at radius 2 is 1.92 bits per heavy atom. The van der Waals surface area contributed by atoms with Gasteiger partial charge in [0.15, 0.2) is 0 Å². The SMILES string of the molecule is COC(=O)c1ccc(CNS(=O)(=O)Cc2cccc(OC)c2)c(F)c1. The first-order valence-corrected chi connectivity index (χ1v) is 8.97. The number of carbonyl (C=O) groups is 1. The Hall–Kier alpha value is -2.45. The van der Waals surface area contributed by atoms with Crippen molar-refractivity contribution in [3.63, 3.8) is 0 Å². The first-order chi connectivity index (χ1) is 11.8. The van der Waals surface area contributed by atoms with E-state index in [9.17, 15) is 17.6 Å². The zero-order valence-corrected chi connectivity index (χ0v) is 14.6. The molecule has 0 atom stereocenters. The van der Waals surface area contributed by atoms with E-state index in [1.165, 1.54) is 26.4 Å². The fraction of sp³-hybridized carbons (Fsp3) is 0.235. The van der Waals surface area contributed by atoms with E-state index >= 15 is 0 Å². The third-order valence-electron chi connectivity index (χ3n) is 3.45. The normalized spacial score (nSPS) is 11.2. The fourth-order valence-electron chi connectivity index (χ4n) is 2.16. The highest BCUT2D eigenvalue weighted by Crippen LogP contribution is 2.15. The van der Waals surface area contributed by atoms with Crippen molar-refractivity contribution in [1.29, 1.82) is 0 Å². The summed E-state index contributed by atoms with van der Waals surface area (Å²) in [4.78, 5) is 11.3. The molecule has 2 rings (SSSR count). The van der Waals surface area contributed by atoms with Gasteiger partial charge in [0.05, 0.1) is 25.5 Å². The molecule has 0 bridgehead atoms. The second-order valence-corrected chi connectivity index (χ2v) is 7.04. The molecule has 1 N–H and O–H groups in total. The molecule has 0 saturated heterocycles. The lowest BCUT2D eigenvalue weighted by Gasteiger charge is -2.09. The average molecular weight is 367 g/mol. The molecule has 2 aromatic rings. The van der Waals surface area contributed by atoms with Crippen LogP contribution in [0.1, 0.15) is 21.5 Å². The van der Waals surface area contributed by atoms with Gasteiger partial charge >= 0.3 is 5.97 Å². The van der Waals surface area contributed by atoms with Gasteiger partial charge in [-0.2, -0.15) is 0 Å². The smallest absolute Gasteiger partial charge is 0.337 e. The van der Waals surface area contributed by atoms with Crippen LogP contribution in [0.2, 0.25) is 0 Å². The topological polar surface area (TPSA) is 81.7 Å². The van der Waals surface area contributed by atoms with Crippen LogP contribution in [0.25, 0.3) is 0 Å². The molecular weight excluding hydrogens is 349 g/mol. The zero-order chi connectivity index (χ0) is 18.4. The summed E-state index contributed by atoms with van der Waals surface area (Å²) in [5, 5.41) is 0. The highest BCUT2D eigenvalue weighted by atomic mass is 32.2. The summed E-state index contributed by atoms with van der Waals surface area (Å²) in [6.45, 7) is -0.223. The predicted octanol–water partition coefficient (Wildman–Crippen LogP) is 2.24. The van der Waals surface area contributed by atoms with Crippen molar-refractivity contribution < 1.29 is 27.1 Å². The van der Waals surface area contributed by atoms with Crippen LogP contribution in [0.4, 0.5) is 4.39 Å². The molecule has 0 unspecified atom stereocenters. The van der Waals surface area contributed by atoms with Crippen molar-refractivity contribution in [2.45, 2.75) is 12.3 Å².